The predicted molar refractivity (Wildman–Crippen MR) is 101 cm³/mol. The van der Waals surface area contributed by atoms with Gasteiger partial charge in [-0.15, -0.1) is 12.4 Å². The largest absolute Gasteiger partial charge is 0.549 e. The minimum atomic E-state index is -1.30. The van der Waals surface area contributed by atoms with Crippen molar-refractivity contribution < 1.29 is 15.0 Å². The zero-order chi connectivity index (χ0) is 17.7. The standard InChI is InChI=1S/C21H29NO3.ClH/c1-22-17-9-10-18(22)14-16(13-17)21(19(23)24,15-7-3-2-4-8-15)20(25)11-5-6-12-20;/h2-4,7-8,16-18,25H,5-6,9-14H2,1H3,(H,23,24);1H/p-1/t16?,17-,18+,21?;. The molecule has 26 heavy (non-hydrogen) atoms. The Morgan fingerprint density at radius 1 is 1.15 bits per heavy atom. The van der Waals surface area contributed by atoms with E-state index >= 15 is 0 Å². The molecule has 3 fully saturated rings. The molecule has 144 valence electrons. The predicted octanol–water partition coefficient (Wildman–Crippen LogP) is 2.27. The number of aliphatic hydroxyl groups is 1. The first-order valence-electron chi connectivity index (χ1n) is 9.70. The van der Waals surface area contributed by atoms with Crippen molar-refractivity contribution in [3.8, 4) is 0 Å². The number of hydrogen-bond acceptors (Lipinski definition) is 4. The molecule has 1 saturated carbocycles. The molecule has 0 radical (unpaired) electrons. The second-order valence-electron chi connectivity index (χ2n) is 8.42. The highest BCUT2D eigenvalue weighted by atomic mass is 35.5. The minimum absolute atomic E-state index is 0. The number of nitrogens with zero attached hydrogens (tertiary/aromatic N) is 1. The maximum atomic E-state index is 12.7. The summed E-state index contributed by atoms with van der Waals surface area (Å²) in [5, 5.41) is 24.3. The van der Waals surface area contributed by atoms with Gasteiger partial charge in [-0.2, -0.15) is 0 Å². The molecule has 1 N–H and O–H groups in total. The highest BCUT2D eigenvalue weighted by molar-refractivity contribution is 5.85. The number of carbonyl (C=O) groups is 1. The molecule has 4 nitrogen and oxygen atoms in total. The van der Waals surface area contributed by atoms with Crippen LogP contribution in [-0.4, -0.2) is 40.7 Å². The van der Waals surface area contributed by atoms with Crippen LogP contribution in [0.25, 0.3) is 0 Å². The summed E-state index contributed by atoms with van der Waals surface area (Å²) in [6.07, 6.45) is 6.81. The summed E-state index contributed by atoms with van der Waals surface area (Å²) in [5.74, 6) is -1.16. The van der Waals surface area contributed by atoms with Gasteiger partial charge in [-0.1, -0.05) is 43.2 Å². The van der Waals surface area contributed by atoms with Gasteiger partial charge in [0.2, 0.25) is 0 Å². The van der Waals surface area contributed by atoms with Gasteiger partial charge in [0, 0.05) is 12.1 Å². The van der Waals surface area contributed by atoms with Crippen LogP contribution in [0.1, 0.15) is 56.9 Å². The quantitative estimate of drug-likeness (QED) is 0.873. The topological polar surface area (TPSA) is 63.6 Å². The van der Waals surface area contributed by atoms with Crippen LogP contribution in [0.5, 0.6) is 0 Å². The maximum absolute atomic E-state index is 12.7. The zero-order valence-electron chi connectivity index (χ0n) is 15.4. The zero-order valence-corrected chi connectivity index (χ0v) is 16.2. The van der Waals surface area contributed by atoms with Crippen LogP contribution in [0.4, 0.5) is 0 Å². The lowest BCUT2D eigenvalue weighted by molar-refractivity contribution is -0.325. The Bertz CT molecular complexity index is 632. The lowest BCUT2D eigenvalue weighted by Crippen LogP contribution is -2.66. The summed E-state index contributed by atoms with van der Waals surface area (Å²) >= 11 is 0. The van der Waals surface area contributed by atoms with Gasteiger partial charge in [-0.05, 0) is 57.1 Å². The number of fused-ring (bicyclic) bond motifs is 2. The van der Waals surface area contributed by atoms with Crippen molar-refractivity contribution in [1.29, 1.82) is 0 Å². The van der Waals surface area contributed by atoms with Crippen LogP contribution < -0.4 is 5.11 Å². The van der Waals surface area contributed by atoms with Crippen molar-refractivity contribution in [2.75, 3.05) is 7.05 Å². The molecule has 1 aromatic carbocycles. The first kappa shape index (κ1) is 19.7. The molecule has 2 aliphatic heterocycles. The van der Waals surface area contributed by atoms with E-state index in [2.05, 4.69) is 11.9 Å². The van der Waals surface area contributed by atoms with Gasteiger partial charge in [0.05, 0.1) is 17.0 Å². The van der Waals surface area contributed by atoms with Crippen LogP contribution in [0.15, 0.2) is 30.3 Å². The van der Waals surface area contributed by atoms with Crippen LogP contribution >= 0.6 is 12.4 Å². The number of carbonyl (C=O) groups excluding carboxylic acids is 1. The van der Waals surface area contributed by atoms with E-state index < -0.39 is 17.0 Å². The summed E-state index contributed by atoms with van der Waals surface area (Å²) in [6, 6.07) is 10.3. The van der Waals surface area contributed by atoms with E-state index in [1.165, 1.54) is 0 Å². The molecule has 2 saturated heterocycles. The van der Waals surface area contributed by atoms with Gasteiger partial charge in [-0.3, -0.25) is 0 Å². The third-order valence-electron chi connectivity index (χ3n) is 7.43. The number of rotatable bonds is 4. The van der Waals surface area contributed by atoms with Crippen LogP contribution in [-0.2, 0) is 10.2 Å². The van der Waals surface area contributed by atoms with E-state index in [-0.39, 0.29) is 18.3 Å². The molecule has 5 heteroatoms. The second-order valence-corrected chi connectivity index (χ2v) is 8.42. The molecular formula is C21H29ClNO3-. The van der Waals surface area contributed by atoms with Crippen molar-refractivity contribution >= 4 is 18.4 Å². The van der Waals surface area contributed by atoms with E-state index in [9.17, 15) is 15.0 Å². The Hall–Kier alpha value is -1.10. The van der Waals surface area contributed by atoms with E-state index in [1.807, 2.05) is 30.3 Å². The lowest BCUT2D eigenvalue weighted by atomic mass is 9.56. The summed E-state index contributed by atoms with van der Waals surface area (Å²) in [4.78, 5) is 15.2. The average molecular weight is 379 g/mol. The number of benzene rings is 1. The van der Waals surface area contributed by atoms with Crippen molar-refractivity contribution in [3.05, 3.63) is 35.9 Å². The first-order valence-corrected chi connectivity index (χ1v) is 9.70. The van der Waals surface area contributed by atoms with Crippen molar-refractivity contribution in [2.45, 2.75) is 74.5 Å². The molecule has 0 aromatic heterocycles. The highest BCUT2D eigenvalue weighted by Crippen LogP contribution is 2.55. The van der Waals surface area contributed by atoms with Crippen LogP contribution in [0.2, 0.25) is 0 Å². The fourth-order valence-corrected chi connectivity index (χ4v) is 6.18. The molecule has 2 unspecified atom stereocenters. The Morgan fingerprint density at radius 2 is 1.69 bits per heavy atom. The Morgan fingerprint density at radius 3 is 2.19 bits per heavy atom. The van der Waals surface area contributed by atoms with Crippen LogP contribution in [0, 0.1) is 5.92 Å². The highest BCUT2D eigenvalue weighted by Gasteiger charge is 2.60. The summed E-state index contributed by atoms with van der Waals surface area (Å²) < 4.78 is 0. The van der Waals surface area contributed by atoms with Gasteiger partial charge < -0.3 is 19.9 Å². The van der Waals surface area contributed by atoms with Gasteiger partial charge >= 0.3 is 0 Å². The molecule has 4 atom stereocenters. The molecule has 2 heterocycles. The number of carboxylic acid groups (broad SMARTS) is 1. The van der Waals surface area contributed by atoms with E-state index in [0.717, 1.165) is 44.1 Å². The van der Waals surface area contributed by atoms with Crippen molar-refractivity contribution in [1.82, 2.24) is 4.90 Å². The fraction of sp³-hybridized carbons (Fsp3) is 0.667. The van der Waals surface area contributed by atoms with E-state index in [0.29, 0.717) is 24.9 Å². The number of carboxylic acids is 1. The molecule has 4 rings (SSSR count). The second kappa shape index (κ2) is 7.14. The summed E-state index contributed by atoms with van der Waals surface area (Å²) in [6.45, 7) is 0. The SMILES string of the molecule is CN1[C@@H]2CC[C@H]1CC(C(C(=O)[O-])(c1ccccc1)C1(O)CCCC1)C2.Cl. The lowest BCUT2D eigenvalue weighted by Gasteiger charge is -2.54. The van der Waals surface area contributed by atoms with Crippen LogP contribution in [0.3, 0.4) is 0 Å². The third-order valence-corrected chi connectivity index (χ3v) is 7.43. The number of aliphatic carboxylic acids is 1. The van der Waals surface area contributed by atoms with Crippen molar-refractivity contribution in [2.24, 2.45) is 5.92 Å². The van der Waals surface area contributed by atoms with E-state index in [1.54, 1.807) is 0 Å². The smallest absolute Gasteiger partial charge is 0.0799 e. The molecular weight excluding hydrogens is 350 g/mol. The first-order chi connectivity index (χ1) is 12.0. The maximum Gasteiger partial charge on any atom is 0.0799 e. The average Bonchev–Trinajstić information content (AvgIpc) is 3.09. The van der Waals surface area contributed by atoms with Crippen molar-refractivity contribution in [3.63, 3.8) is 0 Å². The molecule has 1 aliphatic carbocycles. The number of halogens is 1. The normalized spacial score (nSPS) is 32.6. The molecule has 1 aromatic rings. The van der Waals surface area contributed by atoms with Gasteiger partial charge in [0.25, 0.3) is 0 Å². The van der Waals surface area contributed by atoms with Gasteiger partial charge in [-0.25, -0.2) is 0 Å². The van der Waals surface area contributed by atoms with Gasteiger partial charge in [0.15, 0.2) is 0 Å². The van der Waals surface area contributed by atoms with Gasteiger partial charge in [0.1, 0.15) is 0 Å². The Balaban J connectivity index is 0.00000196. The minimum Gasteiger partial charge on any atom is -0.549 e. The fourth-order valence-electron chi connectivity index (χ4n) is 6.18. The molecule has 3 aliphatic rings. The molecule has 0 spiro atoms. The molecule has 2 bridgehead atoms. The monoisotopic (exact) mass is 378 g/mol. The Kier molecular flexibility index (Phi) is 5.40. The summed E-state index contributed by atoms with van der Waals surface area (Å²) in [5.41, 5.74) is -1.77. The van der Waals surface area contributed by atoms with E-state index in [4.69, 9.17) is 0 Å². The summed E-state index contributed by atoms with van der Waals surface area (Å²) in [7, 11) is 2.16. The molecule has 0 amide bonds. The number of piperidine rings is 1. The Labute approximate surface area is 162 Å². The number of hydrogen-bond donors (Lipinski definition) is 1. The third kappa shape index (κ3) is 2.69.